The molecule has 0 bridgehead atoms. The number of hydrogen-bond acceptors (Lipinski definition) is 3. The molecule has 0 spiro atoms. The summed E-state index contributed by atoms with van der Waals surface area (Å²) in [4.78, 5) is 14.1. The molecule has 1 unspecified atom stereocenters. The molecule has 3 nitrogen and oxygen atoms in total. The maximum absolute atomic E-state index is 12.1. The van der Waals surface area contributed by atoms with Crippen LogP contribution >= 0.6 is 11.6 Å². The molecule has 1 aromatic rings. The van der Waals surface area contributed by atoms with Gasteiger partial charge in [-0.05, 0) is 38.6 Å². The third-order valence-corrected chi connectivity index (χ3v) is 3.37. The molecule has 0 heterocycles. The first kappa shape index (κ1) is 15.0. The highest BCUT2D eigenvalue weighted by Crippen LogP contribution is 2.28. The van der Waals surface area contributed by atoms with Gasteiger partial charge >= 0.3 is 5.97 Å². The SMILES string of the molecule is CCN(CC)C(C)C(=O)Oc1c(C)cccc1Cl. The first-order valence-electron chi connectivity index (χ1n) is 6.22. The Hall–Kier alpha value is -1.06. The van der Waals surface area contributed by atoms with Crippen molar-refractivity contribution in [2.24, 2.45) is 0 Å². The zero-order valence-corrected chi connectivity index (χ0v) is 12.1. The molecule has 0 aliphatic rings. The van der Waals surface area contributed by atoms with Crippen LogP contribution in [0.1, 0.15) is 26.3 Å². The molecule has 0 aliphatic carbocycles. The largest absolute Gasteiger partial charge is 0.423 e. The van der Waals surface area contributed by atoms with Crippen molar-refractivity contribution in [3.8, 4) is 5.75 Å². The van der Waals surface area contributed by atoms with Crippen molar-refractivity contribution in [2.45, 2.75) is 33.7 Å². The van der Waals surface area contributed by atoms with Crippen molar-refractivity contribution in [3.05, 3.63) is 28.8 Å². The highest BCUT2D eigenvalue weighted by Gasteiger charge is 2.22. The van der Waals surface area contributed by atoms with Gasteiger partial charge in [0.25, 0.3) is 0 Å². The lowest BCUT2D eigenvalue weighted by molar-refractivity contribution is -0.139. The molecule has 0 N–H and O–H groups in total. The third-order valence-electron chi connectivity index (χ3n) is 3.07. The Morgan fingerprint density at radius 2 is 2.00 bits per heavy atom. The Bertz CT molecular complexity index is 396. The lowest BCUT2D eigenvalue weighted by atomic mass is 10.2. The van der Waals surface area contributed by atoms with E-state index in [1.54, 1.807) is 6.07 Å². The summed E-state index contributed by atoms with van der Waals surface area (Å²) in [7, 11) is 0. The summed E-state index contributed by atoms with van der Waals surface area (Å²) < 4.78 is 5.41. The summed E-state index contributed by atoms with van der Waals surface area (Å²) in [6.45, 7) is 9.39. The Kier molecular flexibility index (Phi) is 5.63. The van der Waals surface area contributed by atoms with Crippen LogP contribution in [0, 0.1) is 6.92 Å². The van der Waals surface area contributed by atoms with Crippen molar-refractivity contribution in [1.29, 1.82) is 0 Å². The molecule has 0 aliphatic heterocycles. The van der Waals surface area contributed by atoms with Crippen molar-refractivity contribution in [1.82, 2.24) is 4.90 Å². The van der Waals surface area contributed by atoms with Crippen LogP contribution in [0.3, 0.4) is 0 Å². The Morgan fingerprint density at radius 1 is 1.39 bits per heavy atom. The van der Waals surface area contributed by atoms with Gasteiger partial charge in [0, 0.05) is 0 Å². The number of esters is 1. The highest BCUT2D eigenvalue weighted by atomic mass is 35.5. The predicted molar refractivity (Wildman–Crippen MR) is 74.2 cm³/mol. The smallest absolute Gasteiger partial charge is 0.328 e. The number of halogens is 1. The number of nitrogens with zero attached hydrogens (tertiary/aromatic N) is 1. The van der Waals surface area contributed by atoms with Crippen LogP contribution in [0.5, 0.6) is 5.75 Å². The van der Waals surface area contributed by atoms with Gasteiger partial charge in [0.15, 0.2) is 5.75 Å². The molecule has 0 saturated heterocycles. The van der Waals surface area contributed by atoms with Gasteiger partial charge in [-0.2, -0.15) is 0 Å². The number of hydrogen-bond donors (Lipinski definition) is 0. The number of benzene rings is 1. The van der Waals surface area contributed by atoms with Crippen LogP contribution in [0.4, 0.5) is 0 Å². The number of carbonyl (C=O) groups is 1. The standard InChI is InChI=1S/C14H20ClNO2/c1-5-16(6-2)11(4)14(17)18-13-10(3)8-7-9-12(13)15/h7-9,11H,5-6H2,1-4H3. The van der Waals surface area contributed by atoms with Gasteiger partial charge in [-0.15, -0.1) is 0 Å². The van der Waals surface area contributed by atoms with E-state index < -0.39 is 0 Å². The lowest BCUT2D eigenvalue weighted by Gasteiger charge is -2.24. The molecule has 0 saturated carbocycles. The van der Waals surface area contributed by atoms with Crippen LogP contribution < -0.4 is 4.74 Å². The van der Waals surface area contributed by atoms with Crippen molar-refractivity contribution >= 4 is 17.6 Å². The summed E-state index contributed by atoms with van der Waals surface area (Å²) in [5.74, 6) is 0.193. The van der Waals surface area contributed by atoms with Crippen LogP contribution in [0.25, 0.3) is 0 Å². The maximum Gasteiger partial charge on any atom is 0.328 e. The summed E-state index contributed by atoms with van der Waals surface area (Å²) in [5.41, 5.74) is 0.864. The summed E-state index contributed by atoms with van der Waals surface area (Å²) >= 11 is 6.03. The second-order valence-electron chi connectivity index (χ2n) is 4.20. The third kappa shape index (κ3) is 3.47. The van der Waals surface area contributed by atoms with E-state index in [-0.39, 0.29) is 12.0 Å². The van der Waals surface area contributed by atoms with Crippen molar-refractivity contribution in [2.75, 3.05) is 13.1 Å². The molecular formula is C14H20ClNO2. The van der Waals surface area contributed by atoms with Gasteiger partial charge in [-0.1, -0.05) is 37.6 Å². The molecular weight excluding hydrogens is 250 g/mol. The van der Waals surface area contributed by atoms with Gasteiger partial charge in [-0.25, -0.2) is 4.79 Å². The number of rotatable bonds is 5. The molecule has 0 radical (unpaired) electrons. The summed E-state index contributed by atoms with van der Waals surface area (Å²) in [5, 5.41) is 0.468. The van der Waals surface area contributed by atoms with Crippen LogP contribution in [0.2, 0.25) is 5.02 Å². The van der Waals surface area contributed by atoms with Gasteiger partial charge in [0.05, 0.1) is 5.02 Å². The maximum atomic E-state index is 12.1. The van der Waals surface area contributed by atoms with E-state index in [2.05, 4.69) is 0 Å². The van der Waals surface area contributed by atoms with Crippen LogP contribution in [-0.2, 0) is 4.79 Å². The lowest BCUT2D eigenvalue weighted by Crippen LogP contribution is -2.41. The Balaban J connectivity index is 2.81. The van der Waals surface area contributed by atoms with Gasteiger partial charge < -0.3 is 4.74 Å². The van der Waals surface area contributed by atoms with Gasteiger partial charge in [0.1, 0.15) is 6.04 Å². The monoisotopic (exact) mass is 269 g/mol. The van der Waals surface area contributed by atoms with E-state index >= 15 is 0 Å². The minimum atomic E-state index is -0.269. The van der Waals surface area contributed by atoms with E-state index in [0.717, 1.165) is 18.7 Å². The molecule has 0 fully saturated rings. The molecule has 18 heavy (non-hydrogen) atoms. The summed E-state index contributed by atoms with van der Waals surface area (Å²) in [6, 6.07) is 5.16. The minimum Gasteiger partial charge on any atom is -0.423 e. The fraction of sp³-hybridized carbons (Fsp3) is 0.500. The quantitative estimate of drug-likeness (QED) is 0.607. The van der Waals surface area contributed by atoms with Crippen molar-refractivity contribution in [3.63, 3.8) is 0 Å². The number of likely N-dealkylation sites (N-methyl/N-ethyl adjacent to an activating group) is 1. The molecule has 0 aromatic heterocycles. The number of carbonyl (C=O) groups excluding carboxylic acids is 1. The van der Waals surface area contributed by atoms with Crippen LogP contribution in [-0.4, -0.2) is 30.0 Å². The average Bonchev–Trinajstić information content (AvgIpc) is 2.35. The molecule has 0 amide bonds. The van der Waals surface area contributed by atoms with E-state index in [9.17, 15) is 4.79 Å². The van der Waals surface area contributed by atoms with Gasteiger partial charge in [-0.3, -0.25) is 4.90 Å². The second kappa shape index (κ2) is 6.76. The Morgan fingerprint density at radius 3 is 2.50 bits per heavy atom. The Labute approximate surface area is 114 Å². The minimum absolute atomic E-state index is 0.268. The van der Waals surface area contributed by atoms with E-state index in [1.807, 2.05) is 44.7 Å². The first-order chi connectivity index (χ1) is 8.51. The second-order valence-corrected chi connectivity index (χ2v) is 4.61. The number of aryl methyl sites for hydroxylation is 1. The van der Waals surface area contributed by atoms with Crippen molar-refractivity contribution < 1.29 is 9.53 Å². The molecule has 1 aromatic carbocycles. The fourth-order valence-electron chi connectivity index (χ4n) is 1.85. The molecule has 1 atom stereocenters. The zero-order valence-electron chi connectivity index (χ0n) is 11.4. The summed E-state index contributed by atoms with van der Waals surface area (Å²) in [6.07, 6.45) is 0. The molecule has 1 rings (SSSR count). The van der Waals surface area contributed by atoms with E-state index in [1.165, 1.54) is 0 Å². The molecule has 100 valence electrons. The van der Waals surface area contributed by atoms with Crippen LogP contribution in [0.15, 0.2) is 18.2 Å². The van der Waals surface area contributed by atoms with E-state index in [4.69, 9.17) is 16.3 Å². The number of para-hydroxylation sites is 1. The number of ether oxygens (including phenoxy) is 1. The average molecular weight is 270 g/mol. The fourth-order valence-corrected chi connectivity index (χ4v) is 2.11. The highest BCUT2D eigenvalue weighted by molar-refractivity contribution is 6.32. The van der Waals surface area contributed by atoms with Gasteiger partial charge in [0.2, 0.25) is 0 Å². The predicted octanol–water partition coefficient (Wildman–Crippen LogP) is 3.28. The molecule has 4 heteroatoms. The topological polar surface area (TPSA) is 29.5 Å². The first-order valence-corrected chi connectivity index (χ1v) is 6.59. The zero-order chi connectivity index (χ0) is 13.7. The normalized spacial score (nSPS) is 12.6. The van der Waals surface area contributed by atoms with E-state index in [0.29, 0.717) is 10.8 Å².